The summed E-state index contributed by atoms with van der Waals surface area (Å²) in [7, 11) is 0. The summed E-state index contributed by atoms with van der Waals surface area (Å²) in [5.74, 6) is -0.569. The van der Waals surface area contributed by atoms with Crippen molar-refractivity contribution >= 4 is 11.6 Å². The lowest BCUT2D eigenvalue weighted by molar-refractivity contribution is -0.128. The van der Waals surface area contributed by atoms with E-state index in [-0.39, 0.29) is 24.4 Å². The van der Waals surface area contributed by atoms with Crippen molar-refractivity contribution in [3.63, 3.8) is 0 Å². The first kappa shape index (κ1) is 17.7. The number of halogens is 1. The molecule has 0 bridgehead atoms. The summed E-state index contributed by atoms with van der Waals surface area (Å²) in [6, 6.07) is 7.14. The molecule has 0 atom stereocenters. The second kappa shape index (κ2) is 7.40. The van der Waals surface area contributed by atoms with Crippen LogP contribution >= 0.6 is 0 Å². The number of aliphatic hydroxyl groups is 1. The van der Waals surface area contributed by atoms with Gasteiger partial charge in [-0.3, -0.25) is 4.79 Å². The number of aliphatic hydroxyl groups excluding tert-OH is 1. The van der Waals surface area contributed by atoms with E-state index in [0.717, 1.165) is 12.8 Å². The smallest absolute Gasteiger partial charge is 0.240 e. The fourth-order valence-corrected chi connectivity index (χ4v) is 3.74. The Kier molecular flexibility index (Phi) is 5.24. The SMILES string of the molecule is N#CC1(C(=O)NCc2ccc(N3CCC(O)CC3)c(F)c2)CCCC1. The normalized spacial score (nSPS) is 20.3. The minimum atomic E-state index is -0.910. The van der Waals surface area contributed by atoms with Crippen LogP contribution in [-0.4, -0.2) is 30.2 Å². The molecule has 0 aromatic heterocycles. The molecule has 0 spiro atoms. The van der Waals surface area contributed by atoms with Crippen LogP contribution in [0.25, 0.3) is 0 Å². The molecule has 0 unspecified atom stereocenters. The molecule has 2 fully saturated rings. The molecule has 1 amide bonds. The lowest BCUT2D eigenvalue weighted by atomic mass is 9.87. The molecule has 25 heavy (non-hydrogen) atoms. The number of carbonyl (C=O) groups is 1. The molecule has 5 nitrogen and oxygen atoms in total. The Morgan fingerprint density at radius 3 is 2.64 bits per heavy atom. The highest BCUT2D eigenvalue weighted by molar-refractivity contribution is 5.85. The number of carbonyl (C=O) groups excluding carboxylic acids is 1. The molecule has 1 saturated heterocycles. The zero-order valence-electron chi connectivity index (χ0n) is 14.3. The highest BCUT2D eigenvalue weighted by Gasteiger charge is 2.41. The van der Waals surface area contributed by atoms with Gasteiger partial charge in [0.15, 0.2) is 0 Å². The minimum Gasteiger partial charge on any atom is -0.393 e. The number of amides is 1. The Morgan fingerprint density at radius 1 is 1.36 bits per heavy atom. The summed E-state index contributed by atoms with van der Waals surface area (Å²) in [6.45, 7) is 1.50. The second-order valence-corrected chi connectivity index (χ2v) is 7.09. The number of anilines is 1. The third-order valence-electron chi connectivity index (χ3n) is 5.38. The van der Waals surface area contributed by atoms with Gasteiger partial charge in [0.25, 0.3) is 0 Å². The average Bonchev–Trinajstić information content (AvgIpc) is 3.11. The van der Waals surface area contributed by atoms with E-state index >= 15 is 0 Å². The average molecular weight is 345 g/mol. The zero-order chi connectivity index (χ0) is 17.9. The van der Waals surface area contributed by atoms with Gasteiger partial charge in [-0.1, -0.05) is 18.9 Å². The summed E-state index contributed by atoms with van der Waals surface area (Å²) in [5, 5.41) is 21.7. The number of benzene rings is 1. The summed E-state index contributed by atoms with van der Waals surface area (Å²) < 4.78 is 14.4. The Labute approximate surface area is 147 Å². The van der Waals surface area contributed by atoms with Gasteiger partial charge >= 0.3 is 0 Å². The van der Waals surface area contributed by atoms with E-state index in [4.69, 9.17) is 0 Å². The van der Waals surface area contributed by atoms with Crippen LogP contribution in [0.4, 0.5) is 10.1 Å². The van der Waals surface area contributed by atoms with Crippen LogP contribution in [0.5, 0.6) is 0 Å². The molecule has 0 radical (unpaired) electrons. The fourth-order valence-electron chi connectivity index (χ4n) is 3.74. The number of piperidine rings is 1. The molecular formula is C19H24FN3O2. The fraction of sp³-hybridized carbons (Fsp3) is 0.579. The minimum absolute atomic E-state index is 0.220. The third kappa shape index (κ3) is 3.77. The number of rotatable bonds is 4. The Bertz CT molecular complexity index is 672. The summed E-state index contributed by atoms with van der Waals surface area (Å²) in [5.41, 5.74) is 0.302. The molecule has 2 N–H and O–H groups in total. The van der Waals surface area contributed by atoms with Gasteiger partial charge in [-0.15, -0.1) is 0 Å². The number of hydrogen-bond acceptors (Lipinski definition) is 4. The zero-order valence-corrected chi connectivity index (χ0v) is 14.3. The van der Waals surface area contributed by atoms with Crippen molar-refractivity contribution in [1.82, 2.24) is 5.32 Å². The molecule has 1 saturated carbocycles. The predicted molar refractivity (Wildman–Crippen MR) is 92.2 cm³/mol. The van der Waals surface area contributed by atoms with Crippen LogP contribution < -0.4 is 10.2 Å². The molecule has 1 aliphatic carbocycles. The number of nitrogens with zero attached hydrogens (tertiary/aromatic N) is 2. The second-order valence-electron chi connectivity index (χ2n) is 7.09. The summed E-state index contributed by atoms with van der Waals surface area (Å²) in [4.78, 5) is 14.3. The number of nitrogens with one attached hydrogen (secondary N) is 1. The van der Waals surface area contributed by atoms with Gasteiger partial charge in [-0.25, -0.2) is 4.39 Å². The van der Waals surface area contributed by atoms with Crippen LogP contribution in [-0.2, 0) is 11.3 Å². The first-order valence-electron chi connectivity index (χ1n) is 8.95. The number of nitriles is 1. The standard InChI is InChI=1S/C19H24FN3O2/c20-16-11-14(3-4-17(16)23-9-5-15(24)6-10-23)12-22-18(25)19(13-21)7-1-2-8-19/h3-4,11,15,24H,1-2,5-10,12H2,(H,22,25). The molecule has 2 aliphatic rings. The highest BCUT2D eigenvalue weighted by atomic mass is 19.1. The van der Waals surface area contributed by atoms with Crippen molar-refractivity contribution in [3.05, 3.63) is 29.6 Å². The molecular weight excluding hydrogens is 321 g/mol. The topological polar surface area (TPSA) is 76.4 Å². The summed E-state index contributed by atoms with van der Waals surface area (Å²) >= 11 is 0. The van der Waals surface area contributed by atoms with Crippen LogP contribution in [0, 0.1) is 22.6 Å². The van der Waals surface area contributed by atoms with Gasteiger partial charge in [-0.05, 0) is 43.4 Å². The maximum Gasteiger partial charge on any atom is 0.240 e. The van der Waals surface area contributed by atoms with Crippen molar-refractivity contribution in [3.8, 4) is 6.07 Å². The van der Waals surface area contributed by atoms with E-state index in [0.29, 0.717) is 50.0 Å². The van der Waals surface area contributed by atoms with Crippen LogP contribution in [0.2, 0.25) is 0 Å². The first-order chi connectivity index (χ1) is 12.0. The molecule has 3 rings (SSSR count). The summed E-state index contributed by atoms with van der Waals surface area (Å²) in [6.07, 6.45) is 3.99. The largest absolute Gasteiger partial charge is 0.393 e. The molecule has 1 heterocycles. The van der Waals surface area contributed by atoms with Crippen molar-refractivity contribution in [1.29, 1.82) is 5.26 Å². The highest BCUT2D eigenvalue weighted by Crippen LogP contribution is 2.37. The first-order valence-corrected chi connectivity index (χ1v) is 8.95. The monoisotopic (exact) mass is 345 g/mol. The van der Waals surface area contributed by atoms with E-state index in [1.54, 1.807) is 12.1 Å². The van der Waals surface area contributed by atoms with Crippen molar-refractivity contribution < 1.29 is 14.3 Å². The van der Waals surface area contributed by atoms with Crippen molar-refractivity contribution in [2.45, 2.75) is 51.2 Å². The van der Waals surface area contributed by atoms with Crippen LogP contribution in [0.1, 0.15) is 44.1 Å². The molecule has 1 aromatic rings. The van der Waals surface area contributed by atoms with Crippen molar-refractivity contribution in [2.75, 3.05) is 18.0 Å². The van der Waals surface area contributed by atoms with Gasteiger partial charge < -0.3 is 15.3 Å². The molecule has 1 aromatic carbocycles. The van der Waals surface area contributed by atoms with E-state index in [1.807, 2.05) is 4.90 Å². The van der Waals surface area contributed by atoms with Crippen molar-refractivity contribution in [2.24, 2.45) is 5.41 Å². The van der Waals surface area contributed by atoms with Crippen LogP contribution in [0.15, 0.2) is 18.2 Å². The van der Waals surface area contributed by atoms with Gasteiger partial charge in [0, 0.05) is 19.6 Å². The lowest BCUT2D eigenvalue weighted by Gasteiger charge is -2.31. The third-order valence-corrected chi connectivity index (χ3v) is 5.38. The molecule has 134 valence electrons. The molecule has 6 heteroatoms. The Hall–Kier alpha value is -2.13. The lowest BCUT2D eigenvalue weighted by Crippen LogP contribution is -2.38. The van der Waals surface area contributed by atoms with Gasteiger partial charge in [0.2, 0.25) is 5.91 Å². The quantitative estimate of drug-likeness (QED) is 0.879. The van der Waals surface area contributed by atoms with E-state index in [1.165, 1.54) is 6.07 Å². The van der Waals surface area contributed by atoms with Crippen LogP contribution in [0.3, 0.4) is 0 Å². The van der Waals surface area contributed by atoms with Gasteiger partial charge in [0.1, 0.15) is 11.2 Å². The van der Waals surface area contributed by atoms with E-state index in [9.17, 15) is 19.6 Å². The predicted octanol–water partition coefficient (Wildman–Crippen LogP) is 2.49. The van der Waals surface area contributed by atoms with E-state index < -0.39 is 5.41 Å². The molecule has 1 aliphatic heterocycles. The Balaban J connectivity index is 1.61. The van der Waals surface area contributed by atoms with E-state index in [2.05, 4.69) is 11.4 Å². The maximum absolute atomic E-state index is 14.4. The maximum atomic E-state index is 14.4. The Morgan fingerprint density at radius 2 is 2.04 bits per heavy atom. The van der Waals surface area contributed by atoms with Gasteiger partial charge in [-0.2, -0.15) is 5.26 Å². The number of hydrogen-bond donors (Lipinski definition) is 2. The van der Waals surface area contributed by atoms with Gasteiger partial charge in [0.05, 0.1) is 17.9 Å².